The quantitative estimate of drug-likeness (QED) is 0.620. The molecule has 0 saturated heterocycles. The summed E-state index contributed by atoms with van der Waals surface area (Å²) in [6, 6.07) is 3.77. The van der Waals surface area contributed by atoms with Crippen molar-refractivity contribution in [3.8, 4) is 6.07 Å². The topological polar surface area (TPSA) is 23.8 Å². The van der Waals surface area contributed by atoms with Crippen molar-refractivity contribution in [1.29, 1.82) is 5.26 Å². The molecule has 0 fully saturated rings. The molecule has 1 nitrogen and oxygen atoms in total. The van der Waals surface area contributed by atoms with Crippen LogP contribution in [0.4, 0.5) is 8.78 Å². The lowest BCUT2D eigenvalue weighted by molar-refractivity contribution is 0.502. The molecule has 0 atom stereocenters. The van der Waals surface area contributed by atoms with Gasteiger partial charge in [0.1, 0.15) is 0 Å². The number of hydrogen-bond acceptors (Lipinski definition) is 1. The maximum absolute atomic E-state index is 12.7. The van der Waals surface area contributed by atoms with Crippen molar-refractivity contribution >= 4 is 11.6 Å². The molecular formula is C8H4ClF2N. The molecule has 0 heterocycles. The fraction of sp³-hybridized carbons (Fsp3) is 0.125. The summed E-state index contributed by atoms with van der Waals surface area (Å²) in [6.45, 7) is 0. The van der Waals surface area contributed by atoms with Gasteiger partial charge in [0.05, 0.1) is 17.5 Å². The molecule has 0 spiro atoms. The fourth-order valence-electron chi connectivity index (χ4n) is 0.808. The Morgan fingerprint density at radius 1 is 1.42 bits per heavy atom. The van der Waals surface area contributed by atoms with Gasteiger partial charge in [-0.3, -0.25) is 0 Å². The van der Waals surface area contributed by atoms with E-state index in [-0.39, 0.29) is 17.0 Å². The van der Waals surface area contributed by atoms with Gasteiger partial charge < -0.3 is 0 Å². The number of alkyl halides is 1. The Kier molecular flexibility index (Phi) is 2.61. The van der Waals surface area contributed by atoms with E-state index in [4.69, 9.17) is 16.9 Å². The molecule has 0 saturated carbocycles. The molecule has 0 aliphatic rings. The van der Waals surface area contributed by atoms with E-state index in [0.717, 1.165) is 6.07 Å². The van der Waals surface area contributed by atoms with E-state index in [9.17, 15) is 8.78 Å². The molecule has 62 valence electrons. The molecule has 0 aliphatic heterocycles. The van der Waals surface area contributed by atoms with Crippen molar-refractivity contribution in [3.05, 3.63) is 34.9 Å². The van der Waals surface area contributed by atoms with E-state index < -0.39 is 11.6 Å². The fourth-order valence-corrected chi connectivity index (χ4v) is 1.00. The van der Waals surface area contributed by atoms with Crippen molar-refractivity contribution in [2.45, 2.75) is 5.88 Å². The first-order valence-corrected chi connectivity index (χ1v) is 3.66. The Labute approximate surface area is 73.2 Å². The van der Waals surface area contributed by atoms with Crippen LogP contribution in [0.1, 0.15) is 11.1 Å². The third-order valence-corrected chi connectivity index (χ3v) is 1.66. The molecule has 0 unspecified atom stereocenters. The van der Waals surface area contributed by atoms with Crippen molar-refractivity contribution in [2.24, 2.45) is 0 Å². The Balaban J connectivity index is 3.31. The summed E-state index contributed by atoms with van der Waals surface area (Å²) in [5.41, 5.74) is 0.0813. The van der Waals surface area contributed by atoms with E-state index in [0.29, 0.717) is 0 Å². The minimum atomic E-state index is -1.04. The van der Waals surface area contributed by atoms with Crippen LogP contribution < -0.4 is 0 Å². The van der Waals surface area contributed by atoms with E-state index >= 15 is 0 Å². The van der Waals surface area contributed by atoms with Crippen molar-refractivity contribution in [1.82, 2.24) is 0 Å². The van der Waals surface area contributed by atoms with Crippen molar-refractivity contribution < 1.29 is 8.78 Å². The summed E-state index contributed by atoms with van der Waals surface area (Å²) in [5.74, 6) is -2.16. The SMILES string of the molecule is N#Cc1cc(F)c(F)c(CCl)c1. The van der Waals surface area contributed by atoms with Gasteiger partial charge in [0, 0.05) is 5.56 Å². The third kappa shape index (κ3) is 1.54. The zero-order chi connectivity index (χ0) is 9.14. The van der Waals surface area contributed by atoms with Crippen LogP contribution in [0.25, 0.3) is 0 Å². The van der Waals surface area contributed by atoms with Crippen LogP contribution in [0.5, 0.6) is 0 Å². The maximum Gasteiger partial charge on any atom is 0.163 e. The summed E-state index contributed by atoms with van der Waals surface area (Å²) < 4.78 is 25.4. The predicted molar refractivity (Wildman–Crippen MR) is 40.6 cm³/mol. The van der Waals surface area contributed by atoms with Crippen LogP contribution in [-0.2, 0) is 5.88 Å². The van der Waals surface area contributed by atoms with Crippen LogP contribution in [0.15, 0.2) is 12.1 Å². The van der Waals surface area contributed by atoms with Gasteiger partial charge in [0.2, 0.25) is 0 Å². The highest BCUT2D eigenvalue weighted by Crippen LogP contribution is 2.16. The Hall–Kier alpha value is -1.14. The second kappa shape index (κ2) is 3.51. The molecule has 12 heavy (non-hydrogen) atoms. The van der Waals surface area contributed by atoms with Gasteiger partial charge in [-0.2, -0.15) is 5.26 Å². The van der Waals surface area contributed by atoms with Crippen LogP contribution in [0.3, 0.4) is 0 Å². The largest absolute Gasteiger partial charge is 0.204 e. The van der Waals surface area contributed by atoms with E-state index in [1.54, 1.807) is 6.07 Å². The molecule has 0 amide bonds. The molecular weight excluding hydrogens is 184 g/mol. The summed E-state index contributed by atoms with van der Waals surface area (Å²) in [7, 11) is 0. The minimum Gasteiger partial charge on any atom is -0.204 e. The van der Waals surface area contributed by atoms with Crippen molar-refractivity contribution in [3.63, 3.8) is 0 Å². The summed E-state index contributed by atoms with van der Waals surface area (Å²) >= 11 is 5.32. The molecule has 0 aromatic heterocycles. The monoisotopic (exact) mass is 187 g/mol. The number of benzene rings is 1. The van der Waals surface area contributed by atoms with E-state index in [2.05, 4.69) is 0 Å². The minimum absolute atomic E-state index is 0.00761. The van der Waals surface area contributed by atoms with Gasteiger partial charge in [0.25, 0.3) is 0 Å². The highest BCUT2D eigenvalue weighted by atomic mass is 35.5. The number of nitriles is 1. The predicted octanol–water partition coefficient (Wildman–Crippen LogP) is 2.58. The standard InChI is InChI=1S/C8H4ClF2N/c9-3-6-1-5(4-12)2-7(10)8(6)11/h1-2H,3H2. The number of hydrogen-bond donors (Lipinski definition) is 0. The zero-order valence-corrected chi connectivity index (χ0v) is 6.70. The molecule has 1 aromatic rings. The Bertz CT molecular complexity index is 344. The molecule has 1 aromatic carbocycles. The molecule has 0 radical (unpaired) electrons. The van der Waals surface area contributed by atoms with Gasteiger partial charge in [-0.1, -0.05) is 0 Å². The average Bonchev–Trinajstić information content (AvgIpc) is 2.09. The zero-order valence-electron chi connectivity index (χ0n) is 5.94. The third-order valence-electron chi connectivity index (χ3n) is 1.38. The van der Waals surface area contributed by atoms with E-state index in [1.165, 1.54) is 6.07 Å². The lowest BCUT2D eigenvalue weighted by atomic mass is 10.1. The molecule has 1 rings (SSSR count). The van der Waals surface area contributed by atoms with Crippen LogP contribution >= 0.6 is 11.6 Å². The van der Waals surface area contributed by atoms with Crippen molar-refractivity contribution in [2.75, 3.05) is 0 Å². The summed E-state index contributed by atoms with van der Waals surface area (Å²) in [6.07, 6.45) is 0. The summed E-state index contributed by atoms with van der Waals surface area (Å²) in [5, 5.41) is 8.39. The highest BCUT2D eigenvalue weighted by molar-refractivity contribution is 6.17. The first-order chi connectivity index (χ1) is 5.69. The average molecular weight is 188 g/mol. The molecule has 0 bridgehead atoms. The lowest BCUT2D eigenvalue weighted by Gasteiger charge is -1.99. The number of nitrogens with zero attached hydrogens (tertiary/aromatic N) is 1. The second-order valence-electron chi connectivity index (χ2n) is 2.18. The Morgan fingerprint density at radius 3 is 2.58 bits per heavy atom. The highest BCUT2D eigenvalue weighted by Gasteiger charge is 2.09. The Morgan fingerprint density at radius 2 is 2.08 bits per heavy atom. The molecule has 0 aliphatic carbocycles. The molecule has 0 N–H and O–H groups in total. The second-order valence-corrected chi connectivity index (χ2v) is 2.44. The van der Waals surface area contributed by atoms with Crippen LogP contribution in [-0.4, -0.2) is 0 Å². The van der Waals surface area contributed by atoms with Gasteiger partial charge in [-0.25, -0.2) is 8.78 Å². The van der Waals surface area contributed by atoms with Gasteiger partial charge in [-0.15, -0.1) is 11.6 Å². The smallest absolute Gasteiger partial charge is 0.163 e. The van der Waals surface area contributed by atoms with Gasteiger partial charge in [-0.05, 0) is 12.1 Å². The van der Waals surface area contributed by atoms with E-state index in [1.807, 2.05) is 0 Å². The van der Waals surface area contributed by atoms with Gasteiger partial charge >= 0.3 is 0 Å². The van der Waals surface area contributed by atoms with Crippen LogP contribution in [0, 0.1) is 23.0 Å². The first-order valence-electron chi connectivity index (χ1n) is 3.13. The normalized spacial score (nSPS) is 9.50. The number of rotatable bonds is 1. The maximum atomic E-state index is 12.7. The van der Waals surface area contributed by atoms with Gasteiger partial charge in [0.15, 0.2) is 11.6 Å². The lowest BCUT2D eigenvalue weighted by Crippen LogP contribution is -1.93. The molecule has 4 heteroatoms. The number of halogens is 3. The van der Waals surface area contributed by atoms with Crippen LogP contribution in [0.2, 0.25) is 0 Å². The summed E-state index contributed by atoms with van der Waals surface area (Å²) in [4.78, 5) is 0. The first kappa shape index (κ1) is 8.95.